The number of unbranched alkanes of at least 4 members (excludes halogenated alkanes) is 12. The first-order chi connectivity index (χ1) is 19.2. The molecule has 0 saturated heterocycles. The van der Waals surface area contributed by atoms with E-state index in [4.69, 9.17) is 0 Å². The van der Waals surface area contributed by atoms with Crippen LogP contribution in [-0.2, 0) is 14.4 Å². The highest BCUT2D eigenvalue weighted by molar-refractivity contribution is 5.70. The van der Waals surface area contributed by atoms with Crippen LogP contribution in [0, 0.1) is 17.8 Å². The molecule has 0 rings (SSSR count). The van der Waals surface area contributed by atoms with Crippen LogP contribution in [0.15, 0.2) is 12.2 Å². The van der Waals surface area contributed by atoms with E-state index in [0.717, 1.165) is 25.7 Å². The summed E-state index contributed by atoms with van der Waals surface area (Å²) in [7, 11) is 0. The minimum Gasteiger partial charge on any atom is -0.550 e. The van der Waals surface area contributed by atoms with Crippen LogP contribution >= 0.6 is 0 Å². The van der Waals surface area contributed by atoms with Crippen molar-refractivity contribution in [1.29, 1.82) is 0 Å². The van der Waals surface area contributed by atoms with Gasteiger partial charge >= 0.3 is 11.9 Å². The Morgan fingerprint density at radius 3 is 1.35 bits per heavy atom. The van der Waals surface area contributed by atoms with Gasteiger partial charge in [-0.3, -0.25) is 9.59 Å². The molecule has 3 atom stereocenters. The van der Waals surface area contributed by atoms with Crippen molar-refractivity contribution < 1.29 is 34.2 Å². The Morgan fingerprint density at radius 2 is 0.975 bits per heavy atom. The highest BCUT2D eigenvalue weighted by Crippen LogP contribution is 2.25. The van der Waals surface area contributed by atoms with Crippen LogP contribution in [0.3, 0.4) is 0 Å². The normalized spacial score (nSPS) is 15.5. The molecule has 0 saturated carbocycles. The van der Waals surface area contributed by atoms with Crippen LogP contribution in [-0.4, -0.2) is 58.8 Å². The summed E-state index contributed by atoms with van der Waals surface area (Å²) in [6.07, 6.45) is 22.5. The van der Waals surface area contributed by atoms with Crippen molar-refractivity contribution in [1.82, 2.24) is 0 Å². The molecule has 0 heterocycles. The molecule has 3 unspecified atom stereocenters. The second-order valence-corrected chi connectivity index (χ2v) is 11.9. The van der Waals surface area contributed by atoms with Crippen molar-refractivity contribution in [2.75, 3.05) is 26.2 Å². The average molecular weight is 568 g/mol. The molecule has 40 heavy (non-hydrogen) atoms. The number of carbonyl (C=O) groups is 3. The zero-order chi connectivity index (χ0) is 30.2. The molecule has 2 N–H and O–H groups in total. The maximum absolute atomic E-state index is 12.0. The number of nitrogens with zero attached hydrogens (tertiary/aromatic N) is 1. The summed E-state index contributed by atoms with van der Waals surface area (Å²) >= 11 is 0. The van der Waals surface area contributed by atoms with Gasteiger partial charge in [-0.25, -0.2) is 0 Å². The molecular formula is C33H61NO6. The van der Waals surface area contributed by atoms with Gasteiger partial charge in [0.1, 0.15) is 11.8 Å². The first kappa shape index (κ1) is 38.1. The zero-order valence-electron chi connectivity index (χ0n) is 26.2. The largest absolute Gasteiger partial charge is 0.550 e. The number of carboxylic acid groups (broad SMARTS) is 3. The molecular weight excluding hydrogens is 506 g/mol. The first-order valence-corrected chi connectivity index (χ1v) is 16.3. The number of allylic oxidation sites excluding steroid dienone is 2. The monoisotopic (exact) mass is 567 g/mol. The summed E-state index contributed by atoms with van der Waals surface area (Å²) in [5.41, 5.74) is 0. The van der Waals surface area contributed by atoms with Crippen LogP contribution in [0.2, 0.25) is 0 Å². The highest BCUT2D eigenvalue weighted by Gasteiger charge is 2.39. The first-order valence-electron chi connectivity index (χ1n) is 16.3. The van der Waals surface area contributed by atoms with Crippen LogP contribution < -0.4 is 5.11 Å². The molecule has 7 heteroatoms. The Bertz CT molecular complexity index is 647. The molecule has 0 aromatic carbocycles. The maximum atomic E-state index is 12.0. The third-order valence-corrected chi connectivity index (χ3v) is 8.48. The molecule has 234 valence electrons. The number of rotatable bonds is 28. The number of carboxylic acids is 3. The van der Waals surface area contributed by atoms with Gasteiger partial charge in [0.2, 0.25) is 0 Å². The molecule has 7 nitrogen and oxygen atoms in total. The third kappa shape index (κ3) is 17.7. The molecule has 0 bridgehead atoms. The number of aliphatic carboxylic acids is 3. The van der Waals surface area contributed by atoms with E-state index in [9.17, 15) is 29.7 Å². The molecule has 0 amide bonds. The maximum Gasteiger partial charge on any atom is 0.312 e. The predicted octanol–water partition coefficient (Wildman–Crippen LogP) is 6.84. The summed E-state index contributed by atoms with van der Waals surface area (Å²) in [6, 6.07) is 0. The van der Waals surface area contributed by atoms with Gasteiger partial charge in [-0.05, 0) is 57.8 Å². The van der Waals surface area contributed by atoms with Crippen molar-refractivity contribution in [2.45, 2.75) is 137 Å². The third-order valence-electron chi connectivity index (χ3n) is 8.48. The molecule has 0 aliphatic heterocycles. The second-order valence-electron chi connectivity index (χ2n) is 11.9. The fourth-order valence-corrected chi connectivity index (χ4v) is 5.73. The lowest BCUT2D eigenvalue weighted by molar-refractivity contribution is -0.935. The van der Waals surface area contributed by atoms with Gasteiger partial charge in [-0.2, -0.15) is 0 Å². The number of quaternary nitrogens is 1. The summed E-state index contributed by atoms with van der Waals surface area (Å²) in [4.78, 5) is 35.8. The minimum atomic E-state index is -1.14. The van der Waals surface area contributed by atoms with Crippen molar-refractivity contribution in [3.8, 4) is 0 Å². The fourth-order valence-electron chi connectivity index (χ4n) is 5.73. The van der Waals surface area contributed by atoms with Crippen molar-refractivity contribution >= 4 is 17.9 Å². The zero-order valence-corrected chi connectivity index (χ0v) is 26.2. The van der Waals surface area contributed by atoms with Crippen LogP contribution in [0.25, 0.3) is 0 Å². The van der Waals surface area contributed by atoms with Gasteiger partial charge in [-0.15, -0.1) is 0 Å². The minimum absolute atomic E-state index is 0.216. The van der Waals surface area contributed by atoms with E-state index in [-0.39, 0.29) is 24.1 Å². The molecule has 0 radical (unpaired) electrons. The Morgan fingerprint density at radius 1 is 0.600 bits per heavy atom. The lowest BCUT2D eigenvalue weighted by atomic mass is 9.95. The SMILES string of the molecule is CCCCCC/C=C/CCCCCCCCCC[N+](CC(CC)C(=O)[O-])(CC(CC)C(=O)O)CC(CC)C(=O)O. The van der Waals surface area contributed by atoms with Gasteiger partial charge in [-0.1, -0.05) is 91.2 Å². The Balaban J connectivity index is 4.88. The van der Waals surface area contributed by atoms with Crippen molar-refractivity contribution in [2.24, 2.45) is 17.8 Å². The van der Waals surface area contributed by atoms with Gasteiger partial charge in [0.05, 0.1) is 32.1 Å². The highest BCUT2D eigenvalue weighted by atomic mass is 16.4. The molecule has 0 spiro atoms. The van der Waals surface area contributed by atoms with Gasteiger partial charge < -0.3 is 24.6 Å². The topological polar surface area (TPSA) is 115 Å². The van der Waals surface area contributed by atoms with Crippen LogP contribution in [0.4, 0.5) is 0 Å². The van der Waals surface area contributed by atoms with E-state index in [1.54, 1.807) is 6.92 Å². The average Bonchev–Trinajstić information content (AvgIpc) is 2.92. The quantitative estimate of drug-likeness (QED) is 0.0608. The lowest BCUT2D eigenvalue weighted by Crippen LogP contribution is -2.59. The Hall–Kier alpha value is -1.89. The number of carbonyl (C=O) groups excluding carboxylic acids is 1. The fraction of sp³-hybridized carbons (Fsp3) is 0.848. The van der Waals surface area contributed by atoms with E-state index >= 15 is 0 Å². The molecule has 0 aliphatic rings. The van der Waals surface area contributed by atoms with Crippen molar-refractivity contribution in [3.63, 3.8) is 0 Å². The summed E-state index contributed by atoms with van der Waals surface area (Å²) in [5, 5.41) is 31.4. The summed E-state index contributed by atoms with van der Waals surface area (Å²) < 4.78 is 0.216. The standard InChI is InChI=1S/C33H61NO6/c1-5-9-10-11-12-13-14-15-16-17-18-19-20-21-22-23-24-34(25-28(6-2)31(35)36,26-29(7-3)32(37)38)27-30(8-4)33(39)40/h13-14,28-30H,5-12,15-27H2,1-4H3,(H2-,35,36,37,38,39,40)/b14-13+. The smallest absolute Gasteiger partial charge is 0.312 e. The van der Waals surface area contributed by atoms with E-state index < -0.39 is 35.7 Å². The van der Waals surface area contributed by atoms with E-state index in [2.05, 4.69) is 19.1 Å². The molecule has 0 fully saturated rings. The predicted molar refractivity (Wildman–Crippen MR) is 161 cm³/mol. The molecule has 0 aromatic rings. The van der Waals surface area contributed by atoms with Crippen LogP contribution in [0.5, 0.6) is 0 Å². The summed E-state index contributed by atoms with van der Waals surface area (Å²) in [6.45, 7) is 9.01. The van der Waals surface area contributed by atoms with Gasteiger partial charge in [0.25, 0.3) is 0 Å². The molecule has 0 aromatic heterocycles. The van der Waals surface area contributed by atoms with E-state index in [1.807, 2.05) is 13.8 Å². The van der Waals surface area contributed by atoms with Crippen LogP contribution in [0.1, 0.15) is 137 Å². The van der Waals surface area contributed by atoms with Gasteiger partial charge in [0, 0.05) is 5.92 Å². The number of hydrogen-bond donors (Lipinski definition) is 2. The molecule has 0 aliphatic carbocycles. The second kappa shape index (κ2) is 23.8. The van der Waals surface area contributed by atoms with E-state index in [1.165, 1.54) is 64.2 Å². The van der Waals surface area contributed by atoms with Gasteiger partial charge in [0.15, 0.2) is 0 Å². The summed E-state index contributed by atoms with van der Waals surface area (Å²) in [5.74, 6) is -4.95. The van der Waals surface area contributed by atoms with Crippen molar-refractivity contribution in [3.05, 3.63) is 12.2 Å². The lowest BCUT2D eigenvalue weighted by Gasteiger charge is -2.44. The Labute approximate surface area is 245 Å². The Kier molecular flexibility index (Phi) is 22.7. The number of hydrogen-bond acceptors (Lipinski definition) is 4. The van der Waals surface area contributed by atoms with E-state index in [0.29, 0.717) is 25.8 Å².